The molecule has 1 fully saturated rings. The van der Waals surface area contributed by atoms with Crippen LogP contribution in [-0.2, 0) is 17.8 Å². The lowest BCUT2D eigenvalue weighted by atomic mass is 10.1. The van der Waals surface area contributed by atoms with E-state index in [1.807, 2.05) is 18.3 Å². The Kier molecular flexibility index (Phi) is 5.63. The highest BCUT2D eigenvalue weighted by molar-refractivity contribution is 6.42. The summed E-state index contributed by atoms with van der Waals surface area (Å²) in [5.74, 6) is 0. The van der Waals surface area contributed by atoms with Gasteiger partial charge in [0.25, 0.3) is 0 Å². The van der Waals surface area contributed by atoms with Crippen LogP contribution < -0.4 is 5.69 Å². The van der Waals surface area contributed by atoms with E-state index < -0.39 is 0 Å². The molecule has 10 heteroatoms. The standard InChI is InChI=1S/C22H22Cl2N6O2/c1-13-8-28(9-14(2)32-13)10-15-6-17-20(25-7-15)29(22(31)30-21(17)26-12-27-30)11-16-4-3-5-18(23)19(16)24/h3-7,12-14H,8-11H2,1-2H3/t13-,14+. The number of ether oxygens (including phenoxy) is 1. The van der Waals surface area contributed by atoms with Crippen LogP contribution in [0.25, 0.3) is 16.7 Å². The first kappa shape index (κ1) is 21.3. The minimum Gasteiger partial charge on any atom is -0.373 e. The Morgan fingerprint density at radius 3 is 2.66 bits per heavy atom. The maximum Gasteiger partial charge on any atom is 0.352 e. The van der Waals surface area contributed by atoms with Crippen molar-refractivity contribution >= 4 is 39.9 Å². The van der Waals surface area contributed by atoms with Gasteiger partial charge in [0.1, 0.15) is 12.0 Å². The van der Waals surface area contributed by atoms with E-state index >= 15 is 0 Å². The summed E-state index contributed by atoms with van der Waals surface area (Å²) >= 11 is 12.6. The summed E-state index contributed by atoms with van der Waals surface area (Å²) in [6.45, 7) is 6.84. The first-order valence-corrected chi connectivity index (χ1v) is 11.2. The zero-order valence-corrected chi connectivity index (χ0v) is 19.2. The summed E-state index contributed by atoms with van der Waals surface area (Å²) in [6, 6.07) is 7.40. The Hall–Kier alpha value is -2.52. The third-order valence-electron chi connectivity index (χ3n) is 5.64. The van der Waals surface area contributed by atoms with Crippen molar-refractivity contribution in [2.45, 2.75) is 39.1 Å². The first-order valence-electron chi connectivity index (χ1n) is 10.4. The van der Waals surface area contributed by atoms with E-state index in [-0.39, 0.29) is 24.4 Å². The Morgan fingerprint density at radius 1 is 1.09 bits per heavy atom. The quantitative estimate of drug-likeness (QED) is 0.452. The van der Waals surface area contributed by atoms with Gasteiger partial charge in [0.15, 0.2) is 5.65 Å². The van der Waals surface area contributed by atoms with Crippen molar-refractivity contribution in [1.82, 2.24) is 29.0 Å². The molecule has 4 heterocycles. The number of hydrogen-bond donors (Lipinski definition) is 0. The largest absolute Gasteiger partial charge is 0.373 e. The summed E-state index contributed by atoms with van der Waals surface area (Å²) in [6.07, 6.45) is 3.56. The molecule has 32 heavy (non-hydrogen) atoms. The first-order chi connectivity index (χ1) is 15.4. The smallest absolute Gasteiger partial charge is 0.352 e. The van der Waals surface area contributed by atoms with E-state index in [0.717, 1.165) is 36.1 Å². The minimum absolute atomic E-state index is 0.183. The van der Waals surface area contributed by atoms with Crippen molar-refractivity contribution in [3.63, 3.8) is 0 Å². The molecule has 1 aromatic carbocycles. The minimum atomic E-state index is -0.336. The Bertz CT molecular complexity index is 1360. The van der Waals surface area contributed by atoms with Crippen molar-refractivity contribution in [2.24, 2.45) is 0 Å². The molecule has 0 amide bonds. The fourth-order valence-electron chi connectivity index (χ4n) is 4.39. The molecule has 8 nitrogen and oxygen atoms in total. The molecule has 2 atom stereocenters. The molecular weight excluding hydrogens is 451 g/mol. The third-order valence-corrected chi connectivity index (χ3v) is 6.50. The molecule has 4 aromatic rings. The van der Waals surface area contributed by atoms with Crippen LogP contribution in [0.1, 0.15) is 25.0 Å². The fourth-order valence-corrected chi connectivity index (χ4v) is 4.77. The molecule has 0 bridgehead atoms. The normalized spacial score (nSPS) is 19.8. The number of aromatic nitrogens is 5. The number of halogens is 2. The Balaban J connectivity index is 1.59. The molecule has 0 radical (unpaired) electrons. The van der Waals surface area contributed by atoms with Crippen LogP contribution in [0.15, 0.2) is 41.6 Å². The molecule has 166 valence electrons. The predicted octanol–water partition coefficient (Wildman–Crippen LogP) is 3.40. The highest BCUT2D eigenvalue weighted by atomic mass is 35.5. The zero-order chi connectivity index (χ0) is 22.4. The van der Waals surface area contributed by atoms with E-state index in [4.69, 9.17) is 27.9 Å². The monoisotopic (exact) mass is 472 g/mol. The van der Waals surface area contributed by atoms with Gasteiger partial charge < -0.3 is 4.74 Å². The molecule has 0 spiro atoms. The number of morpholine rings is 1. The second-order valence-corrected chi connectivity index (χ2v) is 9.03. The van der Waals surface area contributed by atoms with E-state index in [1.54, 1.807) is 16.7 Å². The number of benzene rings is 1. The molecule has 0 aliphatic carbocycles. The van der Waals surface area contributed by atoms with Gasteiger partial charge in [-0.1, -0.05) is 35.3 Å². The van der Waals surface area contributed by atoms with Gasteiger partial charge in [-0.25, -0.2) is 14.8 Å². The number of hydrogen-bond acceptors (Lipinski definition) is 6. The van der Waals surface area contributed by atoms with Crippen molar-refractivity contribution in [1.29, 1.82) is 0 Å². The van der Waals surface area contributed by atoms with Gasteiger partial charge in [-0.05, 0) is 37.1 Å². The molecule has 1 saturated heterocycles. The van der Waals surface area contributed by atoms with Crippen LogP contribution in [0.4, 0.5) is 0 Å². The van der Waals surface area contributed by atoms with E-state index in [2.05, 4.69) is 33.8 Å². The van der Waals surface area contributed by atoms with Crippen molar-refractivity contribution in [3.05, 3.63) is 68.4 Å². The van der Waals surface area contributed by atoms with Gasteiger partial charge in [0, 0.05) is 25.8 Å². The Labute approximate surface area is 194 Å². The zero-order valence-electron chi connectivity index (χ0n) is 17.7. The highest BCUT2D eigenvalue weighted by Gasteiger charge is 2.23. The summed E-state index contributed by atoms with van der Waals surface area (Å²) < 4.78 is 8.69. The van der Waals surface area contributed by atoms with Crippen molar-refractivity contribution < 1.29 is 4.74 Å². The number of fused-ring (bicyclic) bond motifs is 3. The van der Waals surface area contributed by atoms with Gasteiger partial charge >= 0.3 is 5.69 Å². The third kappa shape index (κ3) is 3.88. The summed E-state index contributed by atoms with van der Waals surface area (Å²) in [5, 5.41) is 5.75. The average Bonchev–Trinajstić information content (AvgIpc) is 3.24. The molecule has 1 aliphatic heterocycles. The van der Waals surface area contributed by atoms with Gasteiger partial charge in [-0.2, -0.15) is 9.61 Å². The lowest BCUT2D eigenvalue weighted by molar-refractivity contribution is -0.0705. The summed E-state index contributed by atoms with van der Waals surface area (Å²) in [5.41, 5.74) is 2.44. The maximum absolute atomic E-state index is 13.2. The van der Waals surface area contributed by atoms with Crippen molar-refractivity contribution in [3.8, 4) is 0 Å². The van der Waals surface area contributed by atoms with Crippen LogP contribution in [0, 0.1) is 0 Å². The molecule has 0 N–H and O–H groups in total. The summed E-state index contributed by atoms with van der Waals surface area (Å²) in [7, 11) is 0. The van der Waals surface area contributed by atoms with Crippen LogP contribution in [0.3, 0.4) is 0 Å². The second-order valence-electron chi connectivity index (χ2n) is 8.24. The molecule has 5 rings (SSSR count). The molecule has 0 unspecified atom stereocenters. The average molecular weight is 473 g/mol. The van der Waals surface area contributed by atoms with Crippen molar-refractivity contribution in [2.75, 3.05) is 13.1 Å². The Morgan fingerprint density at radius 2 is 1.88 bits per heavy atom. The molecule has 1 aliphatic rings. The number of nitrogens with zero attached hydrogens (tertiary/aromatic N) is 6. The molecule has 3 aromatic heterocycles. The number of pyridine rings is 1. The van der Waals surface area contributed by atoms with Gasteiger partial charge in [0.05, 0.1) is 34.2 Å². The lowest BCUT2D eigenvalue weighted by Gasteiger charge is -2.35. The van der Waals surface area contributed by atoms with Gasteiger partial charge in [-0.3, -0.25) is 9.47 Å². The van der Waals surface area contributed by atoms with Gasteiger partial charge in [0.2, 0.25) is 0 Å². The topological polar surface area (TPSA) is 77.6 Å². The fraction of sp³-hybridized carbons (Fsp3) is 0.364. The van der Waals surface area contributed by atoms with Gasteiger partial charge in [-0.15, -0.1) is 0 Å². The van der Waals surface area contributed by atoms with E-state index in [9.17, 15) is 4.79 Å². The summed E-state index contributed by atoms with van der Waals surface area (Å²) in [4.78, 5) is 24.5. The molecular formula is C22H22Cl2N6O2. The van der Waals surface area contributed by atoms with E-state index in [1.165, 1.54) is 10.8 Å². The highest BCUT2D eigenvalue weighted by Crippen LogP contribution is 2.27. The lowest BCUT2D eigenvalue weighted by Crippen LogP contribution is -2.44. The maximum atomic E-state index is 13.2. The van der Waals surface area contributed by atoms with Crippen LogP contribution in [-0.4, -0.2) is 54.3 Å². The van der Waals surface area contributed by atoms with E-state index in [0.29, 0.717) is 21.3 Å². The SMILES string of the molecule is C[C@@H]1CN(Cc2cnc3c(c2)c2ncnn2c(=O)n3Cc2cccc(Cl)c2Cl)C[C@H](C)O1. The predicted molar refractivity (Wildman–Crippen MR) is 123 cm³/mol. The van der Waals surface area contributed by atoms with Crippen LogP contribution in [0.5, 0.6) is 0 Å². The second kappa shape index (κ2) is 8.44. The van der Waals surface area contributed by atoms with Crippen LogP contribution >= 0.6 is 23.2 Å². The number of rotatable bonds is 4. The van der Waals surface area contributed by atoms with Crippen LogP contribution in [0.2, 0.25) is 10.0 Å². The molecule has 0 saturated carbocycles.